The van der Waals surface area contributed by atoms with Gasteiger partial charge < -0.3 is 10.6 Å². The first-order chi connectivity index (χ1) is 6.49. The van der Waals surface area contributed by atoms with Crippen LogP contribution in [0.15, 0.2) is 0 Å². The quantitative estimate of drug-likeness (QED) is 0.703. The van der Waals surface area contributed by atoms with Crippen LogP contribution < -0.4 is 5.73 Å². The van der Waals surface area contributed by atoms with Crippen LogP contribution in [-0.2, 0) is 4.79 Å². The SMILES string of the molecule is CSCCC(C)N(C)C(=O)CC(N)=S. The Hall–Kier alpha value is -0.290. The number of thioether (sulfide) groups is 1. The molecule has 0 rings (SSSR count). The molecular weight excluding hydrogens is 216 g/mol. The number of carbonyl (C=O) groups is 1. The van der Waals surface area contributed by atoms with Gasteiger partial charge in [0.2, 0.25) is 5.91 Å². The van der Waals surface area contributed by atoms with Gasteiger partial charge in [-0.15, -0.1) is 0 Å². The Morgan fingerprint density at radius 1 is 1.64 bits per heavy atom. The average molecular weight is 234 g/mol. The normalized spacial score (nSPS) is 12.2. The van der Waals surface area contributed by atoms with Gasteiger partial charge in [0.25, 0.3) is 0 Å². The minimum atomic E-state index is 0.00565. The molecule has 3 nitrogen and oxygen atoms in total. The maximum atomic E-state index is 11.5. The molecule has 0 fully saturated rings. The fourth-order valence-corrected chi connectivity index (χ4v) is 1.70. The van der Waals surface area contributed by atoms with Crippen molar-refractivity contribution in [2.24, 2.45) is 5.73 Å². The predicted octanol–water partition coefficient (Wildman–Crippen LogP) is 1.26. The van der Waals surface area contributed by atoms with E-state index in [-0.39, 0.29) is 23.4 Å². The molecule has 0 saturated heterocycles. The molecule has 2 N–H and O–H groups in total. The smallest absolute Gasteiger partial charge is 0.229 e. The lowest BCUT2D eigenvalue weighted by atomic mass is 10.2. The molecule has 0 aliphatic rings. The fraction of sp³-hybridized carbons (Fsp3) is 0.778. The Labute approximate surface area is 95.4 Å². The Bertz CT molecular complexity index is 209. The van der Waals surface area contributed by atoms with E-state index in [9.17, 15) is 4.79 Å². The first kappa shape index (κ1) is 13.7. The lowest BCUT2D eigenvalue weighted by Gasteiger charge is -2.24. The molecule has 0 heterocycles. The fourth-order valence-electron chi connectivity index (χ4n) is 1.00. The molecular formula is C9H18N2OS2. The molecule has 0 bridgehead atoms. The third-order valence-electron chi connectivity index (χ3n) is 2.12. The summed E-state index contributed by atoms with van der Waals surface area (Å²) in [7, 11) is 1.80. The lowest BCUT2D eigenvalue weighted by Crippen LogP contribution is -2.37. The second-order valence-corrected chi connectivity index (χ2v) is 4.79. The van der Waals surface area contributed by atoms with Crippen molar-refractivity contribution in [3.05, 3.63) is 0 Å². The van der Waals surface area contributed by atoms with Crippen LogP contribution in [0.4, 0.5) is 0 Å². The van der Waals surface area contributed by atoms with Gasteiger partial charge in [-0.25, -0.2) is 0 Å². The molecule has 1 unspecified atom stereocenters. The highest BCUT2D eigenvalue weighted by Gasteiger charge is 2.15. The van der Waals surface area contributed by atoms with Gasteiger partial charge in [0.05, 0.1) is 11.4 Å². The van der Waals surface area contributed by atoms with E-state index in [1.165, 1.54) is 0 Å². The summed E-state index contributed by atoms with van der Waals surface area (Å²) in [6.07, 6.45) is 3.24. The summed E-state index contributed by atoms with van der Waals surface area (Å²) in [6.45, 7) is 2.04. The zero-order valence-corrected chi connectivity index (χ0v) is 10.6. The molecule has 0 aromatic carbocycles. The van der Waals surface area contributed by atoms with Gasteiger partial charge in [0, 0.05) is 13.1 Å². The second kappa shape index (κ2) is 7.06. The molecule has 0 saturated carbocycles. The largest absolute Gasteiger partial charge is 0.393 e. The van der Waals surface area contributed by atoms with E-state index in [4.69, 9.17) is 18.0 Å². The van der Waals surface area contributed by atoms with Gasteiger partial charge in [-0.3, -0.25) is 4.79 Å². The van der Waals surface area contributed by atoms with Crippen LogP contribution in [0.2, 0.25) is 0 Å². The van der Waals surface area contributed by atoms with Crippen molar-refractivity contribution in [1.82, 2.24) is 4.90 Å². The van der Waals surface area contributed by atoms with E-state index >= 15 is 0 Å². The zero-order valence-electron chi connectivity index (χ0n) is 8.95. The number of amides is 1. The van der Waals surface area contributed by atoms with E-state index in [1.807, 2.05) is 6.92 Å². The first-order valence-electron chi connectivity index (χ1n) is 4.52. The molecule has 14 heavy (non-hydrogen) atoms. The lowest BCUT2D eigenvalue weighted by molar-refractivity contribution is -0.130. The summed E-state index contributed by atoms with van der Waals surface area (Å²) in [5.74, 6) is 1.07. The van der Waals surface area contributed by atoms with Crippen LogP contribution in [0.1, 0.15) is 19.8 Å². The molecule has 0 spiro atoms. The molecule has 1 amide bonds. The molecule has 1 atom stereocenters. The van der Waals surface area contributed by atoms with Crippen molar-refractivity contribution in [1.29, 1.82) is 0 Å². The molecule has 0 aliphatic carbocycles. The second-order valence-electron chi connectivity index (χ2n) is 3.28. The van der Waals surface area contributed by atoms with E-state index < -0.39 is 0 Å². The maximum Gasteiger partial charge on any atom is 0.229 e. The summed E-state index contributed by atoms with van der Waals surface area (Å²) in [6, 6.07) is 0.254. The van der Waals surface area contributed by atoms with Gasteiger partial charge in [0.1, 0.15) is 0 Å². The van der Waals surface area contributed by atoms with Gasteiger partial charge >= 0.3 is 0 Å². The minimum Gasteiger partial charge on any atom is -0.393 e. The van der Waals surface area contributed by atoms with Crippen LogP contribution in [0, 0.1) is 0 Å². The third kappa shape index (κ3) is 5.44. The molecule has 0 radical (unpaired) electrons. The summed E-state index contributed by atoms with van der Waals surface area (Å²) in [5, 5.41) is 0. The van der Waals surface area contributed by atoms with Crippen molar-refractivity contribution >= 4 is 34.9 Å². The Kier molecular flexibility index (Phi) is 6.92. The molecule has 0 aromatic heterocycles. The minimum absolute atomic E-state index is 0.00565. The number of carbonyl (C=O) groups excluding carboxylic acids is 1. The number of nitrogens with zero attached hydrogens (tertiary/aromatic N) is 1. The van der Waals surface area contributed by atoms with Crippen LogP contribution >= 0.6 is 24.0 Å². The van der Waals surface area contributed by atoms with Crippen LogP contribution in [-0.4, -0.2) is 40.9 Å². The highest BCUT2D eigenvalue weighted by molar-refractivity contribution is 7.98. The van der Waals surface area contributed by atoms with Crippen LogP contribution in [0.3, 0.4) is 0 Å². The van der Waals surface area contributed by atoms with E-state index in [2.05, 4.69) is 6.26 Å². The molecule has 5 heteroatoms. The predicted molar refractivity (Wildman–Crippen MR) is 66.6 cm³/mol. The standard InChI is InChI=1S/C9H18N2OS2/c1-7(4-5-14-3)11(2)9(12)6-8(10)13/h7H,4-6H2,1-3H3,(H2,10,13). The monoisotopic (exact) mass is 234 g/mol. The van der Waals surface area contributed by atoms with Gasteiger partial charge in [-0.2, -0.15) is 11.8 Å². The number of thiocarbonyl (C=S) groups is 1. The molecule has 82 valence electrons. The first-order valence-corrected chi connectivity index (χ1v) is 6.32. The number of nitrogens with two attached hydrogens (primary N) is 1. The van der Waals surface area contributed by atoms with Crippen LogP contribution in [0.5, 0.6) is 0 Å². The van der Waals surface area contributed by atoms with Gasteiger partial charge in [-0.05, 0) is 25.4 Å². The van der Waals surface area contributed by atoms with E-state index in [0.717, 1.165) is 12.2 Å². The topological polar surface area (TPSA) is 46.3 Å². The summed E-state index contributed by atoms with van der Waals surface area (Å²) in [4.78, 5) is 13.5. The van der Waals surface area contributed by atoms with Gasteiger partial charge in [-0.1, -0.05) is 12.2 Å². The van der Waals surface area contributed by atoms with E-state index in [0.29, 0.717) is 0 Å². The summed E-state index contributed by atoms with van der Waals surface area (Å²) < 4.78 is 0. The van der Waals surface area contributed by atoms with Crippen molar-refractivity contribution in [3.63, 3.8) is 0 Å². The Balaban J connectivity index is 3.96. The Morgan fingerprint density at radius 2 is 2.21 bits per heavy atom. The number of hydrogen-bond acceptors (Lipinski definition) is 3. The van der Waals surface area contributed by atoms with Crippen LogP contribution in [0.25, 0.3) is 0 Å². The molecule has 0 aromatic rings. The number of hydrogen-bond donors (Lipinski definition) is 1. The highest BCUT2D eigenvalue weighted by atomic mass is 32.2. The van der Waals surface area contributed by atoms with Crippen molar-refractivity contribution < 1.29 is 4.79 Å². The van der Waals surface area contributed by atoms with Crippen molar-refractivity contribution in [2.45, 2.75) is 25.8 Å². The average Bonchev–Trinajstić information content (AvgIpc) is 2.11. The maximum absolute atomic E-state index is 11.5. The van der Waals surface area contributed by atoms with Crippen molar-refractivity contribution in [2.75, 3.05) is 19.1 Å². The van der Waals surface area contributed by atoms with Gasteiger partial charge in [0.15, 0.2) is 0 Å². The van der Waals surface area contributed by atoms with Crippen molar-refractivity contribution in [3.8, 4) is 0 Å². The Morgan fingerprint density at radius 3 is 2.64 bits per heavy atom. The third-order valence-corrected chi connectivity index (χ3v) is 2.91. The summed E-state index contributed by atoms with van der Waals surface area (Å²) >= 11 is 6.48. The molecule has 0 aliphatic heterocycles. The van der Waals surface area contributed by atoms with E-state index in [1.54, 1.807) is 23.7 Å². The number of rotatable bonds is 6. The summed E-state index contributed by atoms with van der Waals surface area (Å²) in [5.41, 5.74) is 5.31. The zero-order chi connectivity index (χ0) is 11.1. The highest BCUT2D eigenvalue weighted by Crippen LogP contribution is 2.07.